The number of aryl methyl sites for hydroxylation is 1. The number of piperazine rings is 1. The minimum atomic E-state index is -0.0662. The standard InChI is InChI=1S/C18H19N5OS/c1-22-9-8-20-16(22)14-11-19-7-10-23(14)18(24)15-12-21-17(25-15)13-5-3-2-4-6-13/h2-6,8-9,12,14,19H,7,10-11H2,1H3. The van der Waals surface area contributed by atoms with Crippen LogP contribution in [0.1, 0.15) is 21.5 Å². The summed E-state index contributed by atoms with van der Waals surface area (Å²) in [5.41, 5.74) is 1.03. The molecule has 7 heteroatoms. The Bertz CT molecular complexity index is 872. The zero-order valence-corrected chi connectivity index (χ0v) is 14.7. The molecule has 0 spiro atoms. The summed E-state index contributed by atoms with van der Waals surface area (Å²) in [5.74, 6) is 0.919. The summed E-state index contributed by atoms with van der Waals surface area (Å²) in [6.45, 7) is 2.16. The Balaban J connectivity index is 1.61. The highest BCUT2D eigenvalue weighted by Crippen LogP contribution is 2.28. The molecule has 1 N–H and O–H groups in total. The fourth-order valence-corrected chi connectivity index (χ4v) is 3.98. The molecule has 0 saturated carbocycles. The van der Waals surface area contributed by atoms with Crippen LogP contribution in [0.2, 0.25) is 0 Å². The molecule has 0 bridgehead atoms. The average Bonchev–Trinajstić information content (AvgIpc) is 3.31. The smallest absolute Gasteiger partial charge is 0.266 e. The second kappa shape index (κ2) is 6.78. The van der Waals surface area contributed by atoms with E-state index in [1.165, 1.54) is 11.3 Å². The third-order valence-electron chi connectivity index (χ3n) is 4.40. The molecule has 1 aliphatic rings. The molecule has 1 aromatic carbocycles. The molecule has 0 aliphatic carbocycles. The van der Waals surface area contributed by atoms with Crippen molar-refractivity contribution in [2.45, 2.75) is 6.04 Å². The fraction of sp³-hybridized carbons (Fsp3) is 0.278. The highest BCUT2D eigenvalue weighted by molar-refractivity contribution is 7.16. The molecule has 2 aromatic heterocycles. The summed E-state index contributed by atoms with van der Waals surface area (Å²) in [6, 6.07) is 9.88. The predicted octanol–water partition coefficient (Wildman–Crippen LogP) is 2.33. The average molecular weight is 353 g/mol. The van der Waals surface area contributed by atoms with Crippen molar-refractivity contribution in [3.8, 4) is 10.6 Å². The maximum atomic E-state index is 13.1. The van der Waals surface area contributed by atoms with Crippen LogP contribution >= 0.6 is 11.3 Å². The van der Waals surface area contributed by atoms with Crippen molar-refractivity contribution in [3.63, 3.8) is 0 Å². The van der Waals surface area contributed by atoms with Crippen molar-refractivity contribution in [1.29, 1.82) is 0 Å². The zero-order valence-electron chi connectivity index (χ0n) is 13.9. The van der Waals surface area contributed by atoms with Crippen LogP contribution in [0.4, 0.5) is 0 Å². The maximum absolute atomic E-state index is 13.1. The Morgan fingerprint density at radius 3 is 2.88 bits per heavy atom. The normalized spacial score (nSPS) is 17.6. The largest absolute Gasteiger partial charge is 0.336 e. The molecule has 1 atom stereocenters. The molecule has 4 rings (SSSR count). The Kier molecular flexibility index (Phi) is 4.33. The van der Waals surface area contributed by atoms with E-state index < -0.39 is 0 Å². The van der Waals surface area contributed by atoms with Crippen molar-refractivity contribution in [3.05, 3.63) is 59.6 Å². The summed E-state index contributed by atoms with van der Waals surface area (Å²) < 4.78 is 1.97. The number of benzene rings is 1. The van der Waals surface area contributed by atoms with E-state index in [4.69, 9.17) is 0 Å². The molecule has 0 radical (unpaired) electrons. The van der Waals surface area contributed by atoms with Gasteiger partial charge in [-0.25, -0.2) is 9.97 Å². The molecule has 1 unspecified atom stereocenters. The van der Waals surface area contributed by atoms with E-state index in [2.05, 4.69) is 15.3 Å². The summed E-state index contributed by atoms with van der Waals surface area (Å²) in [4.78, 5) is 24.5. The molecule has 1 fully saturated rings. The van der Waals surface area contributed by atoms with Crippen LogP contribution in [-0.2, 0) is 7.05 Å². The molecule has 25 heavy (non-hydrogen) atoms. The summed E-state index contributed by atoms with van der Waals surface area (Å²) in [5, 5.41) is 4.23. The first-order valence-corrected chi connectivity index (χ1v) is 9.06. The van der Waals surface area contributed by atoms with Gasteiger partial charge in [0.15, 0.2) is 0 Å². The second-order valence-corrected chi connectivity index (χ2v) is 7.04. The van der Waals surface area contributed by atoms with Crippen molar-refractivity contribution >= 4 is 17.2 Å². The van der Waals surface area contributed by atoms with Crippen LogP contribution in [0.5, 0.6) is 0 Å². The first kappa shape index (κ1) is 16.0. The number of thiazole rings is 1. The molecule has 1 aliphatic heterocycles. The summed E-state index contributed by atoms with van der Waals surface area (Å²) in [7, 11) is 1.96. The van der Waals surface area contributed by atoms with E-state index in [0.717, 1.165) is 22.9 Å². The van der Waals surface area contributed by atoms with E-state index in [9.17, 15) is 4.79 Å². The lowest BCUT2D eigenvalue weighted by molar-refractivity contribution is 0.0625. The van der Waals surface area contributed by atoms with Gasteiger partial charge in [0.05, 0.1) is 6.20 Å². The highest BCUT2D eigenvalue weighted by atomic mass is 32.1. The number of hydrogen-bond donors (Lipinski definition) is 1. The number of carbonyl (C=O) groups is 1. The summed E-state index contributed by atoms with van der Waals surface area (Å²) in [6.07, 6.45) is 5.37. The van der Waals surface area contributed by atoms with Gasteiger partial charge >= 0.3 is 0 Å². The number of nitrogens with one attached hydrogen (secondary N) is 1. The van der Waals surface area contributed by atoms with Crippen LogP contribution < -0.4 is 5.32 Å². The second-order valence-electron chi connectivity index (χ2n) is 6.01. The highest BCUT2D eigenvalue weighted by Gasteiger charge is 2.31. The number of carbonyl (C=O) groups excluding carboxylic acids is 1. The van der Waals surface area contributed by atoms with Gasteiger partial charge in [-0.3, -0.25) is 4.79 Å². The van der Waals surface area contributed by atoms with Crippen molar-refractivity contribution in [2.24, 2.45) is 7.05 Å². The quantitative estimate of drug-likeness (QED) is 0.785. The van der Waals surface area contributed by atoms with Gasteiger partial charge in [-0.15, -0.1) is 11.3 Å². The van der Waals surface area contributed by atoms with Crippen LogP contribution in [0.15, 0.2) is 48.9 Å². The van der Waals surface area contributed by atoms with Gasteiger partial charge in [0.2, 0.25) is 0 Å². The van der Waals surface area contributed by atoms with Gasteiger partial charge in [0, 0.05) is 44.6 Å². The van der Waals surface area contributed by atoms with Gasteiger partial charge in [-0.05, 0) is 0 Å². The Morgan fingerprint density at radius 1 is 1.28 bits per heavy atom. The third kappa shape index (κ3) is 3.08. The Morgan fingerprint density at radius 2 is 2.12 bits per heavy atom. The third-order valence-corrected chi connectivity index (χ3v) is 5.43. The molecular formula is C18H19N5OS. The number of hydrogen-bond acceptors (Lipinski definition) is 5. The lowest BCUT2D eigenvalue weighted by Crippen LogP contribution is -2.49. The van der Waals surface area contributed by atoms with Gasteiger partial charge in [0.25, 0.3) is 5.91 Å². The first-order chi connectivity index (χ1) is 12.2. The molecular weight excluding hydrogens is 334 g/mol. The molecule has 1 saturated heterocycles. The molecule has 1 amide bonds. The minimum absolute atomic E-state index is 0.0224. The predicted molar refractivity (Wildman–Crippen MR) is 97.4 cm³/mol. The Hall–Kier alpha value is -2.51. The van der Waals surface area contributed by atoms with Crippen molar-refractivity contribution in [2.75, 3.05) is 19.6 Å². The number of imidazole rings is 1. The van der Waals surface area contributed by atoms with Crippen molar-refractivity contribution < 1.29 is 4.79 Å². The van der Waals surface area contributed by atoms with E-state index in [1.54, 1.807) is 12.4 Å². The van der Waals surface area contributed by atoms with Crippen LogP contribution in [0.25, 0.3) is 10.6 Å². The SMILES string of the molecule is Cn1ccnc1C1CNCCN1C(=O)c1cnc(-c2ccccc2)s1. The number of amides is 1. The lowest BCUT2D eigenvalue weighted by Gasteiger charge is -2.35. The number of nitrogens with zero attached hydrogens (tertiary/aromatic N) is 4. The minimum Gasteiger partial charge on any atom is -0.336 e. The molecule has 3 aromatic rings. The Labute approximate surface area is 150 Å². The maximum Gasteiger partial charge on any atom is 0.266 e. The van der Waals surface area contributed by atoms with Crippen LogP contribution in [0, 0.1) is 0 Å². The van der Waals surface area contributed by atoms with E-state index in [1.807, 2.05) is 53.0 Å². The lowest BCUT2D eigenvalue weighted by atomic mass is 10.1. The fourth-order valence-electron chi connectivity index (χ4n) is 3.11. The number of rotatable bonds is 3. The monoisotopic (exact) mass is 353 g/mol. The van der Waals surface area contributed by atoms with Crippen LogP contribution in [0.3, 0.4) is 0 Å². The molecule has 128 valence electrons. The van der Waals surface area contributed by atoms with E-state index in [-0.39, 0.29) is 11.9 Å². The summed E-state index contributed by atoms with van der Waals surface area (Å²) >= 11 is 1.44. The van der Waals surface area contributed by atoms with E-state index in [0.29, 0.717) is 18.0 Å². The van der Waals surface area contributed by atoms with Crippen LogP contribution in [-0.4, -0.2) is 45.0 Å². The topological polar surface area (TPSA) is 63.1 Å². The molecule has 3 heterocycles. The van der Waals surface area contributed by atoms with Gasteiger partial charge in [-0.2, -0.15) is 0 Å². The molecule has 6 nitrogen and oxygen atoms in total. The van der Waals surface area contributed by atoms with Gasteiger partial charge in [0.1, 0.15) is 21.8 Å². The zero-order chi connectivity index (χ0) is 17.2. The number of aromatic nitrogens is 3. The van der Waals surface area contributed by atoms with E-state index >= 15 is 0 Å². The first-order valence-electron chi connectivity index (χ1n) is 8.24. The van der Waals surface area contributed by atoms with Crippen molar-refractivity contribution in [1.82, 2.24) is 24.8 Å². The van der Waals surface area contributed by atoms with Gasteiger partial charge < -0.3 is 14.8 Å². The van der Waals surface area contributed by atoms with Gasteiger partial charge in [-0.1, -0.05) is 30.3 Å².